The zero-order chi connectivity index (χ0) is 20.3. The first kappa shape index (κ1) is 18.1. The SMILES string of the molecule is Cc1c(Cl)cccc1NC(=O)c1ccc(N2C(=O)[C@@H]3[C@@H](C2=O)[C@H]2C=C[C@@H]3C2)cc1. The molecular formula is C23H19ClN2O3. The zero-order valence-electron chi connectivity index (χ0n) is 15.8. The molecule has 29 heavy (non-hydrogen) atoms. The van der Waals surface area contributed by atoms with Crippen LogP contribution in [0.1, 0.15) is 22.3 Å². The van der Waals surface area contributed by atoms with E-state index in [1.807, 2.05) is 6.92 Å². The molecule has 1 saturated carbocycles. The van der Waals surface area contributed by atoms with E-state index in [2.05, 4.69) is 17.5 Å². The Hall–Kier alpha value is -2.92. The van der Waals surface area contributed by atoms with E-state index in [-0.39, 0.29) is 41.4 Å². The third kappa shape index (κ3) is 2.72. The molecule has 6 heteroatoms. The maximum atomic E-state index is 12.9. The minimum absolute atomic E-state index is 0.122. The Bertz CT molecular complexity index is 1050. The molecule has 3 amide bonds. The third-order valence-corrected chi connectivity index (χ3v) is 6.78. The van der Waals surface area contributed by atoms with Crippen LogP contribution in [0.15, 0.2) is 54.6 Å². The van der Waals surface area contributed by atoms with E-state index in [0.29, 0.717) is 22.0 Å². The molecule has 2 aromatic rings. The zero-order valence-corrected chi connectivity index (χ0v) is 16.5. The van der Waals surface area contributed by atoms with Crippen molar-refractivity contribution in [2.75, 3.05) is 10.2 Å². The molecule has 0 radical (unpaired) electrons. The van der Waals surface area contributed by atoms with E-state index in [4.69, 9.17) is 11.6 Å². The summed E-state index contributed by atoms with van der Waals surface area (Å²) in [6, 6.07) is 11.9. The average molecular weight is 407 g/mol. The molecule has 5 nitrogen and oxygen atoms in total. The van der Waals surface area contributed by atoms with Crippen molar-refractivity contribution in [1.82, 2.24) is 0 Å². The van der Waals surface area contributed by atoms with Crippen molar-refractivity contribution in [3.8, 4) is 0 Å². The van der Waals surface area contributed by atoms with Gasteiger partial charge in [-0.3, -0.25) is 19.3 Å². The Morgan fingerprint density at radius 1 is 1.00 bits per heavy atom. The Balaban J connectivity index is 1.36. The number of rotatable bonds is 3. The summed E-state index contributed by atoms with van der Waals surface area (Å²) in [6.07, 6.45) is 5.06. The Kier molecular flexibility index (Phi) is 4.10. The van der Waals surface area contributed by atoms with Gasteiger partial charge in [-0.2, -0.15) is 0 Å². The predicted octanol–water partition coefficient (Wildman–Crippen LogP) is 4.21. The van der Waals surface area contributed by atoms with Gasteiger partial charge in [0, 0.05) is 16.3 Å². The maximum Gasteiger partial charge on any atom is 0.255 e. The summed E-state index contributed by atoms with van der Waals surface area (Å²) in [5, 5.41) is 3.43. The summed E-state index contributed by atoms with van der Waals surface area (Å²) in [4.78, 5) is 39.7. The third-order valence-electron chi connectivity index (χ3n) is 6.37. The van der Waals surface area contributed by atoms with Gasteiger partial charge in [-0.05, 0) is 67.1 Å². The van der Waals surface area contributed by atoms with Crippen molar-refractivity contribution in [1.29, 1.82) is 0 Å². The molecule has 2 fully saturated rings. The Labute approximate surface area is 173 Å². The molecule has 1 aliphatic heterocycles. The van der Waals surface area contributed by atoms with Crippen LogP contribution in [0.3, 0.4) is 0 Å². The lowest BCUT2D eigenvalue weighted by Crippen LogP contribution is -2.32. The molecule has 0 aromatic heterocycles. The highest BCUT2D eigenvalue weighted by Gasteiger charge is 2.59. The number of nitrogens with zero attached hydrogens (tertiary/aromatic N) is 1. The molecule has 4 atom stereocenters. The first-order valence-corrected chi connectivity index (χ1v) is 10.1. The van der Waals surface area contributed by atoms with E-state index in [1.54, 1.807) is 42.5 Å². The molecule has 1 heterocycles. The minimum atomic E-state index is -0.278. The van der Waals surface area contributed by atoms with Crippen LogP contribution in [0.5, 0.6) is 0 Å². The molecule has 2 aliphatic carbocycles. The van der Waals surface area contributed by atoms with Crippen LogP contribution in [0.4, 0.5) is 11.4 Å². The number of nitrogens with one attached hydrogen (secondary N) is 1. The topological polar surface area (TPSA) is 66.5 Å². The number of allylic oxidation sites excluding steroid dienone is 2. The standard InChI is InChI=1S/C23H19ClN2O3/c1-12-17(24)3-2-4-18(12)25-21(27)13-7-9-16(10-8-13)26-22(28)19-14-5-6-15(11-14)20(19)23(26)29/h2-10,14-15,19-20H,11H2,1H3,(H,25,27)/t14-,15+,19-,20-/m0/s1. The fourth-order valence-corrected chi connectivity index (χ4v) is 5.03. The number of hydrogen-bond acceptors (Lipinski definition) is 3. The summed E-state index contributed by atoms with van der Waals surface area (Å²) in [7, 11) is 0. The van der Waals surface area contributed by atoms with Crippen LogP contribution in [0.25, 0.3) is 0 Å². The van der Waals surface area contributed by atoms with Gasteiger partial charge in [0.05, 0.1) is 17.5 Å². The Morgan fingerprint density at radius 2 is 1.62 bits per heavy atom. The lowest BCUT2D eigenvalue weighted by Gasteiger charge is -2.17. The van der Waals surface area contributed by atoms with Gasteiger partial charge in [0.1, 0.15) is 0 Å². The fraction of sp³-hybridized carbons (Fsp3) is 0.261. The number of imide groups is 1. The first-order valence-electron chi connectivity index (χ1n) is 9.68. The lowest BCUT2D eigenvalue weighted by molar-refractivity contribution is -0.123. The first-order chi connectivity index (χ1) is 14.0. The largest absolute Gasteiger partial charge is 0.322 e. The predicted molar refractivity (Wildman–Crippen MR) is 111 cm³/mol. The number of carbonyl (C=O) groups excluding carboxylic acids is 3. The number of fused-ring (bicyclic) bond motifs is 5. The van der Waals surface area contributed by atoms with Crippen molar-refractivity contribution in [2.24, 2.45) is 23.7 Å². The average Bonchev–Trinajstić information content (AvgIpc) is 3.39. The molecule has 0 spiro atoms. The van der Waals surface area contributed by atoms with E-state index >= 15 is 0 Å². The van der Waals surface area contributed by atoms with Crippen LogP contribution in [0, 0.1) is 30.6 Å². The lowest BCUT2D eigenvalue weighted by atomic mass is 9.85. The number of anilines is 2. The summed E-state index contributed by atoms with van der Waals surface area (Å²) < 4.78 is 0. The van der Waals surface area contributed by atoms with Gasteiger partial charge in [0.2, 0.25) is 11.8 Å². The molecule has 1 saturated heterocycles. The quantitative estimate of drug-likeness (QED) is 0.613. The van der Waals surface area contributed by atoms with Crippen LogP contribution >= 0.6 is 11.6 Å². The van der Waals surface area contributed by atoms with Crippen molar-refractivity contribution >= 4 is 40.7 Å². The van der Waals surface area contributed by atoms with E-state index in [0.717, 1.165) is 12.0 Å². The van der Waals surface area contributed by atoms with E-state index in [1.165, 1.54) is 4.90 Å². The van der Waals surface area contributed by atoms with Crippen LogP contribution in [-0.2, 0) is 9.59 Å². The second-order valence-corrected chi connectivity index (χ2v) is 8.33. The van der Waals surface area contributed by atoms with Gasteiger partial charge >= 0.3 is 0 Å². The normalized spacial score (nSPS) is 26.9. The highest BCUT2D eigenvalue weighted by Crippen LogP contribution is 2.53. The summed E-state index contributed by atoms with van der Waals surface area (Å²) >= 11 is 6.10. The fourth-order valence-electron chi connectivity index (χ4n) is 4.86. The molecular weight excluding hydrogens is 388 g/mol. The molecule has 0 unspecified atom stereocenters. The summed E-state index contributed by atoms with van der Waals surface area (Å²) in [6.45, 7) is 1.84. The molecule has 3 aliphatic rings. The second-order valence-electron chi connectivity index (χ2n) is 7.93. The van der Waals surface area contributed by atoms with Gasteiger partial charge in [-0.15, -0.1) is 0 Å². The van der Waals surface area contributed by atoms with Crippen LogP contribution in [-0.4, -0.2) is 17.7 Å². The molecule has 1 N–H and O–H groups in total. The van der Waals surface area contributed by atoms with Gasteiger partial charge < -0.3 is 5.32 Å². The van der Waals surface area contributed by atoms with E-state index in [9.17, 15) is 14.4 Å². The summed E-state index contributed by atoms with van der Waals surface area (Å²) in [5.41, 5.74) is 2.40. The minimum Gasteiger partial charge on any atom is -0.322 e. The number of carbonyl (C=O) groups is 3. The smallest absolute Gasteiger partial charge is 0.255 e. The molecule has 2 bridgehead atoms. The monoisotopic (exact) mass is 406 g/mol. The molecule has 2 aromatic carbocycles. The van der Waals surface area contributed by atoms with Gasteiger partial charge in [0.15, 0.2) is 0 Å². The van der Waals surface area contributed by atoms with Gasteiger partial charge in [0.25, 0.3) is 5.91 Å². The number of halogens is 1. The molecule has 5 rings (SSSR count). The van der Waals surface area contributed by atoms with Crippen molar-refractivity contribution in [2.45, 2.75) is 13.3 Å². The highest BCUT2D eigenvalue weighted by atomic mass is 35.5. The molecule has 146 valence electrons. The van der Waals surface area contributed by atoms with Crippen molar-refractivity contribution < 1.29 is 14.4 Å². The van der Waals surface area contributed by atoms with Gasteiger partial charge in [-0.1, -0.05) is 29.8 Å². The second kappa shape index (κ2) is 6.56. The maximum absolute atomic E-state index is 12.9. The number of benzene rings is 2. The van der Waals surface area contributed by atoms with Crippen LogP contribution in [0.2, 0.25) is 5.02 Å². The van der Waals surface area contributed by atoms with Crippen molar-refractivity contribution in [3.05, 3.63) is 70.8 Å². The van der Waals surface area contributed by atoms with Crippen molar-refractivity contribution in [3.63, 3.8) is 0 Å². The Morgan fingerprint density at radius 3 is 2.24 bits per heavy atom. The highest BCUT2D eigenvalue weighted by molar-refractivity contribution is 6.31. The summed E-state index contributed by atoms with van der Waals surface area (Å²) in [5.74, 6) is -0.625. The number of amides is 3. The van der Waals surface area contributed by atoms with E-state index < -0.39 is 0 Å². The van der Waals surface area contributed by atoms with Crippen LogP contribution < -0.4 is 10.2 Å². The van der Waals surface area contributed by atoms with Gasteiger partial charge in [-0.25, -0.2) is 0 Å². The number of hydrogen-bond donors (Lipinski definition) is 1.